The predicted molar refractivity (Wildman–Crippen MR) is 112 cm³/mol. The Labute approximate surface area is 183 Å². The van der Waals surface area contributed by atoms with Crippen LogP contribution in [0, 0.1) is 0 Å². The number of hydrogen-bond donors (Lipinski definition) is 0. The Morgan fingerprint density at radius 2 is 1.75 bits per heavy atom. The molecule has 0 bridgehead atoms. The molecule has 0 saturated heterocycles. The second kappa shape index (κ2) is 8.50. The number of hydrogen-bond acceptors (Lipinski definition) is 7. The molecular formula is C24H19N3O5. The van der Waals surface area contributed by atoms with Crippen LogP contribution in [0.25, 0.3) is 11.5 Å². The van der Waals surface area contributed by atoms with Gasteiger partial charge in [-0.25, -0.2) is 4.79 Å². The maximum Gasteiger partial charge on any atom is 0.329 e. The van der Waals surface area contributed by atoms with Crippen LogP contribution in [0.15, 0.2) is 81.8 Å². The lowest BCUT2D eigenvalue weighted by molar-refractivity contribution is -0.151. The Balaban J connectivity index is 1.33. The van der Waals surface area contributed by atoms with Crippen LogP contribution in [0.4, 0.5) is 0 Å². The van der Waals surface area contributed by atoms with Gasteiger partial charge in [-0.05, 0) is 35.4 Å². The fourth-order valence-electron chi connectivity index (χ4n) is 3.73. The van der Waals surface area contributed by atoms with Crippen molar-refractivity contribution >= 4 is 11.9 Å². The van der Waals surface area contributed by atoms with Crippen LogP contribution < -0.4 is 0 Å². The number of carbonyl (C=O) groups is 2. The zero-order valence-corrected chi connectivity index (χ0v) is 17.0. The number of nitrogens with zero attached hydrogens (tertiary/aromatic N) is 3. The third-order valence-corrected chi connectivity index (χ3v) is 5.34. The molecule has 4 aromatic rings. The Morgan fingerprint density at radius 3 is 2.53 bits per heavy atom. The van der Waals surface area contributed by atoms with Gasteiger partial charge in [0.25, 0.3) is 11.8 Å². The van der Waals surface area contributed by atoms with Crippen molar-refractivity contribution in [1.29, 1.82) is 0 Å². The van der Waals surface area contributed by atoms with Crippen LogP contribution in [0.3, 0.4) is 0 Å². The molecule has 1 aliphatic rings. The molecule has 160 valence electrons. The maximum atomic E-state index is 13.0. The number of esters is 1. The number of amides is 1. The normalized spacial score (nSPS) is 15.2. The average molecular weight is 429 g/mol. The number of furan rings is 1. The monoisotopic (exact) mass is 429 g/mol. The van der Waals surface area contributed by atoms with Crippen molar-refractivity contribution < 1.29 is 23.2 Å². The van der Waals surface area contributed by atoms with Crippen LogP contribution in [0.5, 0.6) is 0 Å². The van der Waals surface area contributed by atoms with Gasteiger partial charge in [-0.1, -0.05) is 42.5 Å². The Bertz CT molecular complexity index is 1230. The van der Waals surface area contributed by atoms with E-state index >= 15 is 0 Å². The largest absolute Gasteiger partial charge is 0.459 e. The summed E-state index contributed by atoms with van der Waals surface area (Å²) in [5, 5.41) is 7.95. The first-order valence-corrected chi connectivity index (χ1v) is 10.1. The second-order valence-electron chi connectivity index (χ2n) is 7.37. The number of benzene rings is 2. The molecule has 0 spiro atoms. The summed E-state index contributed by atoms with van der Waals surface area (Å²) in [6.07, 6.45) is 1.78. The average Bonchev–Trinajstić information content (AvgIpc) is 3.54. The van der Waals surface area contributed by atoms with Crippen LogP contribution in [0.2, 0.25) is 0 Å². The lowest BCUT2D eigenvalue weighted by atomic mass is 9.93. The molecule has 32 heavy (non-hydrogen) atoms. The van der Waals surface area contributed by atoms with Crippen LogP contribution in [0.1, 0.15) is 27.6 Å². The molecular weight excluding hydrogens is 410 g/mol. The first-order valence-electron chi connectivity index (χ1n) is 10.1. The zero-order chi connectivity index (χ0) is 21.9. The highest BCUT2D eigenvalue weighted by molar-refractivity contribution is 5.95. The molecule has 0 saturated carbocycles. The minimum absolute atomic E-state index is 0.173. The van der Waals surface area contributed by atoms with E-state index in [1.54, 1.807) is 12.1 Å². The Kier molecular flexibility index (Phi) is 5.25. The molecule has 8 heteroatoms. The molecule has 1 atom stereocenters. The molecule has 5 rings (SSSR count). The number of carbonyl (C=O) groups excluding carboxylic acids is 2. The third-order valence-electron chi connectivity index (χ3n) is 5.34. The molecule has 0 aliphatic carbocycles. The summed E-state index contributed by atoms with van der Waals surface area (Å²) in [7, 11) is 0. The van der Waals surface area contributed by atoms with E-state index in [0.29, 0.717) is 12.3 Å². The van der Waals surface area contributed by atoms with Gasteiger partial charge >= 0.3 is 5.97 Å². The van der Waals surface area contributed by atoms with Gasteiger partial charge in [-0.2, -0.15) is 0 Å². The van der Waals surface area contributed by atoms with Gasteiger partial charge in [0.05, 0.1) is 6.26 Å². The molecule has 8 nitrogen and oxygen atoms in total. The van der Waals surface area contributed by atoms with E-state index in [-0.39, 0.29) is 30.7 Å². The molecule has 0 N–H and O–H groups in total. The fraction of sp³-hybridized carbons (Fsp3) is 0.167. The topological polar surface area (TPSA) is 98.7 Å². The van der Waals surface area contributed by atoms with E-state index in [0.717, 1.165) is 16.7 Å². The first kappa shape index (κ1) is 19.7. The lowest BCUT2D eigenvalue weighted by Crippen LogP contribution is -2.49. The molecule has 0 radical (unpaired) electrons. The van der Waals surface area contributed by atoms with Crippen molar-refractivity contribution in [2.24, 2.45) is 0 Å². The number of aromatic nitrogens is 2. The first-order chi connectivity index (χ1) is 15.7. The molecule has 0 unspecified atom stereocenters. The van der Waals surface area contributed by atoms with Crippen molar-refractivity contribution in [2.75, 3.05) is 0 Å². The number of fused-ring (bicyclic) bond motifs is 1. The highest BCUT2D eigenvalue weighted by atomic mass is 16.5. The van der Waals surface area contributed by atoms with Crippen molar-refractivity contribution in [3.63, 3.8) is 0 Å². The van der Waals surface area contributed by atoms with E-state index in [2.05, 4.69) is 10.2 Å². The minimum Gasteiger partial charge on any atom is -0.459 e. The molecule has 2 aromatic heterocycles. The quantitative estimate of drug-likeness (QED) is 0.447. The predicted octanol–water partition coefficient (Wildman–Crippen LogP) is 3.64. The summed E-state index contributed by atoms with van der Waals surface area (Å²) in [4.78, 5) is 27.5. The summed E-state index contributed by atoms with van der Waals surface area (Å²) in [5.74, 6) is -0.212. The van der Waals surface area contributed by atoms with E-state index < -0.39 is 12.0 Å². The number of rotatable bonds is 5. The van der Waals surface area contributed by atoms with Gasteiger partial charge in [-0.15, -0.1) is 10.2 Å². The Morgan fingerprint density at radius 1 is 0.969 bits per heavy atom. The van der Waals surface area contributed by atoms with Gasteiger partial charge in [0.1, 0.15) is 6.04 Å². The SMILES string of the molecule is O=C(OCc1nnc(-c2ccccc2)o1)[C@@H]1Cc2ccccc2CN1C(=O)c1ccco1. The fourth-order valence-corrected chi connectivity index (χ4v) is 3.73. The van der Waals surface area contributed by atoms with Gasteiger partial charge in [-0.3, -0.25) is 4.79 Å². The summed E-state index contributed by atoms with van der Waals surface area (Å²) in [6, 6.07) is 19.5. The zero-order valence-electron chi connectivity index (χ0n) is 17.0. The van der Waals surface area contributed by atoms with Crippen molar-refractivity contribution in [3.8, 4) is 11.5 Å². The number of ether oxygens (including phenoxy) is 1. The molecule has 1 amide bonds. The standard InChI is InChI=1S/C24H19N3O5/c28-23(20-11-6-12-30-20)27-14-18-10-5-4-9-17(18)13-19(27)24(29)31-15-21-25-26-22(32-21)16-7-2-1-3-8-16/h1-12,19H,13-15H2/t19-/m0/s1. The summed E-state index contributed by atoms with van der Waals surface area (Å²) in [6.45, 7) is 0.105. The second-order valence-corrected chi connectivity index (χ2v) is 7.37. The van der Waals surface area contributed by atoms with Crippen LogP contribution >= 0.6 is 0 Å². The van der Waals surface area contributed by atoms with E-state index in [1.165, 1.54) is 11.2 Å². The molecule has 3 heterocycles. The van der Waals surface area contributed by atoms with Crippen molar-refractivity contribution in [3.05, 3.63) is 95.8 Å². The lowest BCUT2D eigenvalue weighted by Gasteiger charge is -2.34. The van der Waals surface area contributed by atoms with E-state index in [4.69, 9.17) is 13.6 Å². The molecule has 1 aliphatic heterocycles. The smallest absolute Gasteiger partial charge is 0.329 e. The third kappa shape index (κ3) is 3.90. The summed E-state index contributed by atoms with van der Waals surface area (Å²) >= 11 is 0. The summed E-state index contributed by atoms with van der Waals surface area (Å²) < 4.78 is 16.3. The van der Waals surface area contributed by atoms with Gasteiger partial charge < -0.3 is 18.5 Å². The molecule has 2 aromatic carbocycles. The van der Waals surface area contributed by atoms with Gasteiger partial charge in [0, 0.05) is 18.5 Å². The van der Waals surface area contributed by atoms with Crippen LogP contribution in [-0.4, -0.2) is 33.0 Å². The Hall–Kier alpha value is -4.20. The van der Waals surface area contributed by atoms with Crippen LogP contribution in [-0.2, 0) is 29.1 Å². The maximum absolute atomic E-state index is 13.0. The highest BCUT2D eigenvalue weighted by Crippen LogP contribution is 2.26. The van der Waals surface area contributed by atoms with E-state index in [1.807, 2.05) is 54.6 Å². The minimum atomic E-state index is -0.793. The van der Waals surface area contributed by atoms with Gasteiger partial charge in [0.15, 0.2) is 12.4 Å². The van der Waals surface area contributed by atoms with E-state index in [9.17, 15) is 9.59 Å². The van der Waals surface area contributed by atoms with Gasteiger partial charge in [0.2, 0.25) is 5.89 Å². The molecule has 0 fully saturated rings. The van der Waals surface area contributed by atoms with Crippen molar-refractivity contribution in [2.45, 2.75) is 25.6 Å². The summed E-state index contributed by atoms with van der Waals surface area (Å²) in [5.41, 5.74) is 2.76. The van der Waals surface area contributed by atoms with Crippen molar-refractivity contribution in [1.82, 2.24) is 15.1 Å². The highest BCUT2D eigenvalue weighted by Gasteiger charge is 2.37.